The van der Waals surface area contributed by atoms with E-state index in [2.05, 4.69) is 21.4 Å². The van der Waals surface area contributed by atoms with Crippen LogP contribution >= 0.6 is 0 Å². The SMILES string of the molecule is COc1cccc(/C=C/C=Nc2ccccc2Nc2ccc(C#N)cn2)c1OCC1CC1. The number of rotatable bonds is 9. The number of pyridine rings is 1. The predicted molar refractivity (Wildman–Crippen MR) is 127 cm³/mol. The van der Waals surface area contributed by atoms with Crippen molar-refractivity contribution in [3.05, 3.63) is 78.0 Å². The van der Waals surface area contributed by atoms with Crippen molar-refractivity contribution in [3.63, 3.8) is 0 Å². The van der Waals surface area contributed by atoms with E-state index in [1.165, 1.54) is 19.0 Å². The lowest BCUT2D eigenvalue weighted by molar-refractivity contribution is 0.280. The summed E-state index contributed by atoms with van der Waals surface area (Å²) in [6, 6.07) is 19.1. The minimum Gasteiger partial charge on any atom is -0.493 e. The first-order valence-corrected chi connectivity index (χ1v) is 10.5. The second kappa shape index (κ2) is 10.3. The number of hydrogen-bond donors (Lipinski definition) is 1. The molecule has 1 fully saturated rings. The molecule has 160 valence electrons. The number of benzene rings is 2. The molecule has 0 saturated heterocycles. The zero-order valence-corrected chi connectivity index (χ0v) is 17.9. The Balaban J connectivity index is 1.48. The number of nitrogens with one attached hydrogen (secondary N) is 1. The first kappa shape index (κ1) is 21.1. The lowest BCUT2D eigenvalue weighted by Gasteiger charge is -2.13. The van der Waals surface area contributed by atoms with Gasteiger partial charge in [-0.25, -0.2) is 4.98 Å². The van der Waals surface area contributed by atoms with Gasteiger partial charge in [0.25, 0.3) is 0 Å². The Bertz CT molecular complexity index is 1160. The van der Waals surface area contributed by atoms with Gasteiger partial charge in [0, 0.05) is 18.0 Å². The third-order valence-electron chi connectivity index (χ3n) is 5.02. The highest BCUT2D eigenvalue weighted by atomic mass is 16.5. The van der Waals surface area contributed by atoms with E-state index >= 15 is 0 Å². The molecule has 1 N–H and O–H groups in total. The topological polar surface area (TPSA) is 79.5 Å². The summed E-state index contributed by atoms with van der Waals surface area (Å²) < 4.78 is 11.5. The number of para-hydroxylation sites is 3. The zero-order chi connectivity index (χ0) is 22.2. The molecular weight excluding hydrogens is 400 g/mol. The van der Waals surface area contributed by atoms with E-state index in [9.17, 15) is 0 Å². The van der Waals surface area contributed by atoms with Crippen molar-refractivity contribution in [2.24, 2.45) is 10.9 Å². The maximum Gasteiger partial charge on any atom is 0.168 e. The van der Waals surface area contributed by atoms with Gasteiger partial charge in [0.15, 0.2) is 11.5 Å². The van der Waals surface area contributed by atoms with Gasteiger partial charge >= 0.3 is 0 Å². The molecule has 0 spiro atoms. The summed E-state index contributed by atoms with van der Waals surface area (Å²) in [5.41, 5.74) is 3.07. The Hall–Kier alpha value is -4.11. The van der Waals surface area contributed by atoms with Crippen LogP contribution in [0.1, 0.15) is 24.0 Å². The van der Waals surface area contributed by atoms with Gasteiger partial charge in [0.05, 0.1) is 30.7 Å². The minimum atomic E-state index is 0.519. The van der Waals surface area contributed by atoms with Gasteiger partial charge < -0.3 is 14.8 Å². The smallest absolute Gasteiger partial charge is 0.168 e. The number of ether oxygens (including phenoxy) is 2. The number of allylic oxidation sites excluding steroid dienone is 1. The molecule has 4 rings (SSSR count). The molecule has 0 aliphatic heterocycles. The standard InChI is InChI=1S/C26H24N4O2/c1-31-24-10-4-6-21(26(24)32-18-19-11-12-19)7-5-15-28-22-8-2-3-9-23(22)30-25-14-13-20(16-27)17-29-25/h2-10,13-15,17,19H,11-12,18H2,1H3,(H,29,30)/b7-5+,28-15?. The molecule has 1 heterocycles. The van der Waals surface area contributed by atoms with Crippen LogP contribution in [-0.4, -0.2) is 24.9 Å². The maximum atomic E-state index is 8.92. The zero-order valence-electron chi connectivity index (χ0n) is 17.9. The number of aliphatic imine (C=N–C) groups is 1. The van der Waals surface area contributed by atoms with Crippen molar-refractivity contribution < 1.29 is 9.47 Å². The van der Waals surface area contributed by atoms with Crippen LogP contribution in [0.5, 0.6) is 11.5 Å². The molecule has 1 aromatic heterocycles. The fraction of sp³-hybridized carbons (Fsp3) is 0.192. The van der Waals surface area contributed by atoms with E-state index in [0.717, 1.165) is 35.0 Å². The van der Waals surface area contributed by atoms with E-state index in [1.807, 2.05) is 54.6 Å². The van der Waals surface area contributed by atoms with Crippen molar-refractivity contribution >= 4 is 29.5 Å². The largest absolute Gasteiger partial charge is 0.493 e. The van der Waals surface area contributed by atoms with E-state index in [-0.39, 0.29) is 0 Å². The summed E-state index contributed by atoms with van der Waals surface area (Å²) >= 11 is 0. The summed E-state index contributed by atoms with van der Waals surface area (Å²) in [6.07, 6.45) is 9.60. The summed E-state index contributed by atoms with van der Waals surface area (Å²) in [5, 5.41) is 12.2. The van der Waals surface area contributed by atoms with Gasteiger partial charge in [-0.1, -0.05) is 24.3 Å². The number of aromatic nitrogens is 1. The molecule has 6 nitrogen and oxygen atoms in total. The molecule has 0 amide bonds. The van der Waals surface area contributed by atoms with Gasteiger partial charge in [0.1, 0.15) is 11.9 Å². The van der Waals surface area contributed by atoms with Crippen LogP contribution in [0.15, 0.2) is 71.9 Å². The molecule has 0 bridgehead atoms. The highest BCUT2D eigenvalue weighted by Crippen LogP contribution is 2.35. The fourth-order valence-corrected chi connectivity index (χ4v) is 3.10. The van der Waals surface area contributed by atoms with Crippen molar-refractivity contribution in [2.75, 3.05) is 19.0 Å². The molecule has 0 unspecified atom stereocenters. The molecule has 6 heteroatoms. The monoisotopic (exact) mass is 424 g/mol. The average molecular weight is 425 g/mol. The van der Waals surface area contributed by atoms with Crippen LogP contribution in [0.25, 0.3) is 6.08 Å². The van der Waals surface area contributed by atoms with E-state index in [0.29, 0.717) is 17.3 Å². The van der Waals surface area contributed by atoms with Gasteiger partial charge in [-0.15, -0.1) is 0 Å². The highest BCUT2D eigenvalue weighted by Gasteiger charge is 2.23. The second-order valence-corrected chi connectivity index (χ2v) is 7.46. The Morgan fingerprint density at radius 1 is 1.16 bits per heavy atom. The van der Waals surface area contributed by atoms with E-state index in [1.54, 1.807) is 25.5 Å². The quantitative estimate of drug-likeness (QED) is 0.432. The molecule has 32 heavy (non-hydrogen) atoms. The average Bonchev–Trinajstić information content (AvgIpc) is 3.66. The molecule has 2 aromatic carbocycles. The first-order chi connectivity index (χ1) is 15.8. The molecule has 1 aliphatic carbocycles. The van der Waals surface area contributed by atoms with Crippen molar-refractivity contribution in [1.29, 1.82) is 5.26 Å². The third-order valence-corrected chi connectivity index (χ3v) is 5.02. The number of anilines is 2. The Kier molecular flexibility index (Phi) is 6.78. The summed E-state index contributed by atoms with van der Waals surface area (Å²) in [4.78, 5) is 8.84. The highest BCUT2D eigenvalue weighted by molar-refractivity contribution is 5.84. The Morgan fingerprint density at radius 3 is 2.78 bits per heavy atom. The Morgan fingerprint density at radius 2 is 2.03 bits per heavy atom. The minimum absolute atomic E-state index is 0.519. The maximum absolute atomic E-state index is 8.92. The van der Waals surface area contributed by atoms with E-state index < -0.39 is 0 Å². The summed E-state index contributed by atoms with van der Waals surface area (Å²) in [7, 11) is 1.65. The van der Waals surface area contributed by atoms with Crippen molar-refractivity contribution in [3.8, 4) is 17.6 Å². The normalized spacial score (nSPS) is 13.2. The molecule has 0 atom stereocenters. The Labute approximate surface area is 187 Å². The second-order valence-electron chi connectivity index (χ2n) is 7.46. The fourth-order valence-electron chi connectivity index (χ4n) is 3.10. The number of methoxy groups -OCH3 is 1. The molecule has 0 radical (unpaired) electrons. The van der Waals surface area contributed by atoms with Crippen LogP contribution in [-0.2, 0) is 0 Å². The summed E-state index contributed by atoms with van der Waals surface area (Å²) in [6.45, 7) is 0.720. The molecular formula is C26H24N4O2. The van der Waals surface area contributed by atoms with Crippen molar-refractivity contribution in [1.82, 2.24) is 4.98 Å². The number of nitriles is 1. The van der Waals surface area contributed by atoms with Crippen LogP contribution in [0, 0.1) is 17.2 Å². The van der Waals surface area contributed by atoms with Crippen LogP contribution in [0.3, 0.4) is 0 Å². The molecule has 1 aliphatic rings. The number of nitrogens with zero attached hydrogens (tertiary/aromatic N) is 3. The molecule has 1 saturated carbocycles. The van der Waals surface area contributed by atoms with E-state index in [4.69, 9.17) is 14.7 Å². The van der Waals surface area contributed by atoms with Gasteiger partial charge in [-0.3, -0.25) is 4.99 Å². The lowest BCUT2D eigenvalue weighted by atomic mass is 10.1. The summed E-state index contributed by atoms with van der Waals surface area (Å²) in [5.74, 6) is 2.80. The third kappa shape index (κ3) is 5.52. The van der Waals surface area contributed by atoms with Gasteiger partial charge in [0.2, 0.25) is 0 Å². The predicted octanol–water partition coefficient (Wildman–Crippen LogP) is 5.91. The molecule has 3 aromatic rings. The lowest BCUT2D eigenvalue weighted by Crippen LogP contribution is -2.02. The van der Waals surface area contributed by atoms with Crippen LogP contribution in [0.4, 0.5) is 17.2 Å². The van der Waals surface area contributed by atoms with Crippen LogP contribution in [0.2, 0.25) is 0 Å². The van der Waals surface area contributed by atoms with Gasteiger partial charge in [-0.05, 0) is 61.2 Å². The number of hydrogen-bond acceptors (Lipinski definition) is 6. The van der Waals surface area contributed by atoms with Gasteiger partial charge in [-0.2, -0.15) is 5.26 Å². The first-order valence-electron chi connectivity index (χ1n) is 10.5. The van der Waals surface area contributed by atoms with Crippen LogP contribution < -0.4 is 14.8 Å². The van der Waals surface area contributed by atoms with Crippen molar-refractivity contribution in [2.45, 2.75) is 12.8 Å².